The quantitative estimate of drug-likeness (QED) is 0.641. The molecule has 1 aromatic carbocycles. The molecule has 1 aromatic heterocycles. The van der Waals surface area contributed by atoms with Crippen LogP contribution < -0.4 is 10.1 Å². The van der Waals surface area contributed by atoms with Gasteiger partial charge in [0.05, 0.1) is 17.1 Å². The van der Waals surface area contributed by atoms with Crippen molar-refractivity contribution in [1.82, 2.24) is 14.8 Å². The van der Waals surface area contributed by atoms with Gasteiger partial charge in [-0.3, -0.25) is 14.6 Å². The molecule has 2 aromatic rings. The highest BCUT2D eigenvalue weighted by atomic mass is 35.5. The minimum atomic E-state index is -4.55. The Balaban J connectivity index is 1.38. The zero-order chi connectivity index (χ0) is 22.4. The van der Waals surface area contributed by atoms with E-state index in [2.05, 4.69) is 15.2 Å². The Morgan fingerprint density at radius 1 is 1.13 bits per heavy atom. The van der Waals surface area contributed by atoms with Crippen LogP contribution >= 0.6 is 11.6 Å². The molecule has 3 rings (SSSR count). The first-order chi connectivity index (χ1) is 14.7. The maximum Gasteiger partial charge on any atom is 0.417 e. The Bertz CT molecular complexity index is 888. The van der Waals surface area contributed by atoms with Gasteiger partial charge in [-0.25, -0.2) is 9.37 Å². The first-order valence-electron chi connectivity index (χ1n) is 9.56. The van der Waals surface area contributed by atoms with Crippen molar-refractivity contribution < 1.29 is 27.1 Å². The van der Waals surface area contributed by atoms with Gasteiger partial charge >= 0.3 is 6.18 Å². The molecule has 1 aliphatic rings. The summed E-state index contributed by atoms with van der Waals surface area (Å²) in [6.07, 6.45) is -3.92. The van der Waals surface area contributed by atoms with Gasteiger partial charge in [-0.05, 0) is 30.3 Å². The minimum Gasteiger partial charge on any atom is -0.492 e. The van der Waals surface area contributed by atoms with Crippen LogP contribution in [0.4, 0.5) is 23.4 Å². The molecule has 0 spiro atoms. The first kappa shape index (κ1) is 23.2. The maximum atomic E-state index is 12.9. The predicted molar refractivity (Wildman–Crippen MR) is 108 cm³/mol. The molecule has 1 aliphatic heterocycles. The molecule has 1 saturated heterocycles. The summed E-state index contributed by atoms with van der Waals surface area (Å²) in [5, 5.41) is 2.18. The summed E-state index contributed by atoms with van der Waals surface area (Å²) in [7, 11) is 0. The predicted octanol–water partition coefficient (Wildman–Crippen LogP) is 3.53. The Morgan fingerprint density at radius 3 is 2.39 bits per heavy atom. The molecule has 1 N–H and O–H groups in total. The number of aromatic nitrogens is 1. The number of benzene rings is 1. The fourth-order valence-electron chi connectivity index (χ4n) is 3.05. The van der Waals surface area contributed by atoms with E-state index in [-0.39, 0.29) is 23.2 Å². The molecule has 168 valence electrons. The third-order valence-corrected chi connectivity index (χ3v) is 5.04. The van der Waals surface area contributed by atoms with E-state index in [1.165, 1.54) is 12.1 Å². The first-order valence-corrected chi connectivity index (χ1v) is 9.94. The van der Waals surface area contributed by atoms with Gasteiger partial charge in [0.15, 0.2) is 5.82 Å². The molecule has 0 aliphatic carbocycles. The van der Waals surface area contributed by atoms with E-state index >= 15 is 0 Å². The Labute approximate surface area is 181 Å². The summed E-state index contributed by atoms with van der Waals surface area (Å²) in [4.78, 5) is 19.9. The lowest BCUT2D eigenvalue weighted by Gasteiger charge is -2.34. The number of alkyl halides is 3. The van der Waals surface area contributed by atoms with Crippen LogP contribution in [-0.2, 0) is 11.0 Å². The summed E-state index contributed by atoms with van der Waals surface area (Å²) in [6, 6.07) is 6.56. The van der Waals surface area contributed by atoms with E-state index in [1.54, 1.807) is 12.1 Å². The second kappa shape index (κ2) is 10.3. The average molecular weight is 461 g/mol. The Hall–Kier alpha value is -2.43. The molecule has 0 unspecified atom stereocenters. The van der Waals surface area contributed by atoms with Crippen molar-refractivity contribution in [2.45, 2.75) is 6.18 Å². The van der Waals surface area contributed by atoms with Gasteiger partial charge in [0.25, 0.3) is 0 Å². The lowest BCUT2D eigenvalue weighted by Crippen LogP contribution is -2.49. The number of hydrogen-bond donors (Lipinski definition) is 1. The van der Waals surface area contributed by atoms with Crippen LogP contribution in [0.15, 0.2) is 36.5 Å². The summed E-state index contributed by atoms with van der Waals surface area (Å²) in [5.74, 6) is -0.213. The van der Waals surface area contributed by atoms with Gasteiger partial charge in [-0.1, -0.05) is 11.6 Å². The van der Waals surface area contributed by atoms with Crippen molar-refractivity contribution in [1.29, 1.82) is 0 Å². The van der Waals surface area contributed by atoms with Gasteiger partial charge in [0, 0.05) is 38.9 Å². The number of halogens is 5. The third-order valence-electron chi connectivity index (χ3n) is 4.75. The summed E-state index contributed by atoms with van der Waals surface area (Å²) in [5.41, 5.74) is -0.977. The minimum absolute atomic E-state index is 0.0823. The summed E-state index contributed by atoms with van der Waals surface area (Å²) >= 11 is 5.81. The fraction of sp³-hybridized carbons (Fsp3) is 0.400. The van der Waals surface area contributed by atoms with Gasteiger partial charge in [0.1, 0.15) is 18.2 Å². The van der Waals surface area contributed by atoms with E-state index in [4.69, 9.17) is 16.3 Å². The molecule has 0 bridgehead atoms. The maximum absolute atomic E-state index is 12.9. The molecule has 2 heterocycles. The molecule has 0 saturated carbocycles. The van der Waals surface area contributed by atoms with E-state index < -0.39 is 17.6 Å². The molecule has 0 radical (unpaired) electrons. The zero-order valence-electron chi connectivity index (χ0n) is 16.5. The number of carbonyl (C=O) groups is 1. The number of carbonyl (C=O) groups excluding carboxylic acids is 1. The van der Waals surface area contributed by atoms with Crippen LogP contribution in [-0.4, -0.2) is 66.6 Å². The SMILES string of the molecule is O=C(CN1CCN(CCOc2ccc(F)cc2)CC1)Nc1ncc(C(F)(F)F)cc1Cl. The number of hydrogen-bond acceptors (Lipinski definition) is 5. The molecular formula is C20H21ClF4N4O2. The highest BCUT2D eigenvalue weighted by Gasteiger charge is 2.31. The number of rotatable bonds is 7. The number of nitrogens with one attached hydrogen (secondary N) is 1. The van der Waals surface area contributed by atoms with E-state index in [0.717, 1.165) is 19.2 Å². The Kier molecular flexibility index (Phi) is 7.69. The second-order valence-electron chi connectivity index (χ2n) is 7.02. The summed E-state index contributed by atoms with van der Waals surface area (Å²) in [6.45, 7) is 4.01. The van der Waals surface area contributed by atoms with Gasteiger partial charge in [-0.15, -0.1) is 0 Å². The zero-order valence-corrected chi connectivity index (χ0v) is 17.2. The third kappa shape index (κ3) is 7.05. The molecule has 0 atom stereocenters. The van der Waals surface area contributed by atoms with Crippen LogP contribution in [0, 0.1) is 5.82 Å². The van der Waals surface area contributed by atoms with Crippen LogP contribution in [0.2, 0.25) is 5.02 Å². The fourth-order valence-corrected chi connectivity index (χ4v) is 3.27. The molecular weight excluding hydrogens is 440 g/mol. The monoisotopic (exact) mass is 460 g/mol. The van der Waals surface area contributed by atoms with E-state index in [1.807, 2.05) is 4.90 Å². The number of anilines is 1. The smallest absolute Gasteiger partial charge is 0.417 e. The van der Waals surface area contributed by atoms with Gasteiger partial charge in [-0.2, -0.15) is 13.2 Å². The van der Waals surface area contributed by atoms with E-state index in [0.29, 0.717) is 38.2 Å². The number of amides is 1. The van der Waals surface area contributed by atoms with Crippen molar-refractivity contribution >= 4 is 23.3 Å². The highest BCUT2D eigenvalue weighted by molar-refractivity contribution is 6.33. The molecule has 1 fully saturated rings. The van der Waals surface area contributed by atoms with Crippen molar-refractivity contribution in [3.63, 3.8) is 0 Å². The lowest BCUT2D eigenvalue weighted by molar-refractivity contribution is -0.137. The molecule has 31 heavy (non-hydrogen) atoms. The van der Waals surface area contributed by atoms with Crippen LogP contribution in [0.3, 0.4) is 0 Å². The van der Waals surface area contributed by atoms with E-state index in [9.17, 15) is 22.4 Å². The standard InChI is InChI=1S/C20H21ClF4N4O2/c21-17-11-14(20(23,24)25)12-26-19(17)27-18(30)13-29-7-5-28(6-8-29)9-10-31-16-3-1-15(22)2-4-16/h1-4,11-12H,5-10,13H2,(H,26,27,30). The topological polar surface area (TPSA) is 57.7 Å². The lowest BCUT2D eigenvalue weighted by atomic mass is 10.2. The van der Waals surface area contributed by atoms with Gasteiger partial charge in [0.2, 0.25) is 5.91 Å². The van der Waals surface area contributed by atoms with Crippen LogP contribution in [0.5, 0.6) is 5.75 Å². The molecule has 6 nitrogen and oxygen atoms in total. The van der Waals surface area contributed by atoms with Crippen molar-refractivity contribution in [2.75, 3.05) is 51.2 Å². The number of pyridine rings is 1. The highest BCUT2D eigenvalue weighted by Crippen LogP contribution is 2.32. The average Bonchev–Trinajstić information content (AvgIpc) is 2.71. The number of nitrogens with zero attached hydrogens (tertiary/aromatic N) is 3. The van der Waals surface area contributed by atoms with Crippen LogP contribution in [0.1, 0.15) is 5.56 Å². The summed E-state index contributed by atoms with van der Waals surface area (Å²) < 4.78 is 56.5. The normalized spacial score (nSPS) is 15.6. The van der Waals surface area contributed by atoms with Gasteiger partial charge < -0.3 is 10.1 Å². The molecule has 1 amide bonds. The van der Waals surface area contributed by atoms with Crippen molar-refractivity contribution in [3.8, 4) is 5.75 Å². The molecule has 11 heteroatoms. The number of piperazine rings is 1. The van der Waals surface area contributed by atoms with Crippen molar-refractivity contribution in [3.05, 3.63) is 52.9 Å². The second-order valence-corrected chi connectivity index (χ2v) is 7.43. The van der Waals surface area contributed by atoms with Crippen molar-refractivity contribution in [2.24, 2.45) is 0 Å². The Morgan fingerprint density at radius 2 is 1.77 bits per heavy atom. The largest absolute Gasteiger partial charge is 0.492 e. The number of ether oxygens (including phenoxy) is 1. The van der Waals surface area contributed by atoms with Crippen LogP contribution in [0.25, 0.3) is 0 Å².